The summed E-state index contributed by atoms with van der Waals surface area (Å²) in [6.07, 6.45) is 2.93. The fourth-order valence-corrected chi connectivity index (χ4v) is 11.2. The number of alkyl halides is 1. The monoisotopic (exact) mass is 1270 g/mol. The summed E-state index contributed by atoms with van der Waals surface area (Å²) < 4.78 is 29.7. The van der Waals surface area contributed by atoms with E-state index >= 15 is 0 Å². The van der Waals surface area contributed by atoms with Crippen LogP contribution in [0.25, 0.3) is 0 Å². The molecule has 0 saturated carbocycles. The molecule has 0 aromatic heterocycles. The number of aliphatic hydroxyl groups is 1. The van der Waals surface area contributed by atoms with Gasteiger partial charge in [-0.3, -0.25) is 29.3 Å². The number of ketones is 2. The van der Waals surface area contributed by atoms with Gasteiger partial charge < -0.3 is 50.1 Å². The number of hydrogen-bond donors (Lipinski definition) is 5. The normalized spacial score (nSPS) is 24.7. The Kier molecular flexibility index (Phi) is 24.7. The SMILES string of the molecule is C=C(CBr)C(=O)OCCCCCC(=O)C[C@H](C(=O)N[C@@H](CCCNC(N)=O)C(=O)Cc1ccc(NC(=O)O[C@H]2CC(=O)N(C)c3cc(cc(C)c3Cl)C/C(C)=C/C=C/[C@@H](OC)[C@]3(O)CC(=O)O[C@@H](C3)[C@@H](C)[C@@H]3O[C@@]23C)cc1Br)C(C)C. The van der Waals surface area contributed by atoms with Crippen molar-refractivity contribution in [2.24, 2.45) is 23.5 Å². The zero-order chi connectivity index (χ0) is 59.9. The summed E-state index contributed by atoms with van der Waals surface area (Å²) in [6, 6.07) is 6.80. The second-order valence-corrected chi connectivity index (χ2v) is 23.8. The molecule has 81 heavy (non-hydrogen) atoms. The maximum Gasteiger partial charge on any atom is 0.412 e. The third-order valence-corrected chi connectivity index (χ3v) is 17.1. The summed E-state index contributed by atoms with van der Waals surface area (Å²) in [6.45, 7) is 14.9. The van der Waals surface area contributed by atoms with Gasteiger partial charge in [0.05, 0.1) is 42.3 Å². The van der Waals surface area contributed by atoms with Crippen molar-refractivity contribution in [3.8, 4) is 0 Å². The number of Topliss-reactive ketones (excluding diaryl/α,β-unsaturated/α-hetero) is 2. The Morgan fingerprint density at radius 2 is 1.79 bits per heavy atom. The Morgan fingerprint density at radius 3 is 2.46 bits per heavy atom. The average Bonchev–Trinajstić information content (AvgIpc) is 4.14. The highest BCUT2D eigenvalue weighted by Crippen LogP contribution is 2.50. The minimum atomic E-state index is -1.63. The molecule has 4 bridgehead atoms. The number of epoxide rings is 1. The Morgan fingerprint density at radius 1 is 1.06 bits per heavy atom. The van der Waals surface area contributed by atoms with Gasteiger partial charge in [-0.15, -0.1) is 0 Å². The highest BCUT2D eigenvalue weighted by Gasteiger charge is 2.64. The van der Waals surface area contributed by atoms with Crippen LogP contribution in [0.15, 0.2) is 70.8 Å². The molecule has 0 spiro atoms. The number of benzene rings is 2. The molecule has 6 N–H and O–H groups in total. The average molecular weight is 1280 g/mol. The van der Waals surface area contributed by atoms with Crippen LogP contribution in [-0.2, 0) is 65.3 Å². The van der Waals surface area contributed by atoms with E-state index in [0.29, 0.717) is 63.8 Å². The standard InChI is InChI=1S/C59H78Br2ClN5O14/c1-33(2)42(28-41(68)16-11-10-12-22-78-55(73)36(5)32-60)54(72)66-44(17-14-21-64-56(63)74)46(69)26-39-19-20-40(27-43(39)61)65-57(75)80-49-29-50(70)67(8)45-25-38(24-35(4)52(45)62)23-34(3)15-13-18-48(77-9)59(76)30-47(79-51(71)31-59)37(6)53-58(49,7)81-53/h13,15,18-20,24-25,27,33,37,42,44,47-49,53,76H,5,10-12,14,16-17,21-23,26,28-32H2,1-4,6-9H3,(H,65,75)(H,66,72)(H3,63,64,74)/b18-13+,34-15+/t37-,42+,44+,47+,48-,49+,53+,58+,59-/m1/s1. The van der Waals surface area contributed by atoms with Crippen LogP contribution in [0.2, 0.25) is 5.02 Å². The number of nitrogens with zero attached hydrogens (tertiary/aromatic N) is 1. The van der Waals surface area contributed by atoms with Gasteiger partial charge in [-0.1, -0.05) is 107 Å². The largest absolute Gasteiger partial charge is 0.462 e. The molecular weight excluding hydrogens is 1200 g/mol. The Hall–Kier alpha value is -5.45. The third kappa shape index (κ3) is 18.8. The van der Waals surface area contributed by atoms with Gasteiger partial charge in [-0.05, 0) is 100 Å². The highest BCUT2D eigenvalue weighted by atomic mass is 79.9. The second kappa shape index (κ2) is 30.2. The highest BCUT2D eigenvalue weighted by molar-refractivity contribution is 9.10. The number of anilines is 2. The molecule has 9 atom stereocenters. The number of hydrogen-bond acceptors (Lipinski definition) is 14. The number of rotatable bonds is 23. The Labute approximate surface area is 496 Å². The molecule has 3 aliphatic rings. The number of carbonyl (C=O) groups is 8. The van der Waals surface area contributed by atoms with Crippen molar-refractivity contribution in [3.05, 3.63) is 92.5 Å². The van der Waals surface area contributed by atoms with E-state index < -0.39 is 89.4 Å². The molecule has 0 radical (unpaired) electrons. The number of urea groups is 1. The van der Waals surface area contributed by atoms with Crippen molar-refractivity contribution in [1.29, 1.82) is 0 Å². The van der Waals surface area contributed by atoms with E-state index in [-0.39, 0.29) is 81.3 Å². The van der Waals surface area contributed by atoms with Crippen LogP contribution in [0.3, 0.4) is 0 Å². The lowest BCUT2D eigenvalue weighted by molar-refractivity contribution is -0.187. The molecule has 3 heterocycles. The van der Waals surface area contributed by atoms with Gasteiger partial charge in [0.2, 0.25) is 11.8 Å². The van der Waals surface area contributed by atoms with E-state index in [1.807, 2.05) is 45.9 Å². The number of carbonyl (C=O) groups excluding carboxylic acids is 8. The van der Waals surface area contributed by atoms with Crippen LogP contribution < -0.4 is 26.6 Å². The molecule has 0 unspecified atom stereocenters. The predicted octanol–water partition coefficient (Wildman–Crippen LogP) is 9.02. The molecule has 5 rings (SSSR count). The molecule has 2 aromatic rings. The number of nitrogens with two attached hydrogens (primary N) is 1. The fraction of sp³-hybridized carbons (Fsp3) is 0.559. The van der Waals surface area contributed by atoms with Crippen molar-refractivity contribution in [1.82, 2.24) is 10.6 Å². The number of nitrogens with one attached hydrogen (secondary N) is 3. The van der Waals surface area contributed by atoms with E-state index in [9.17, 15) is 43.5 Å². The van der Waals surface area contributed by atoms with Crippen LogP contribution in [0, 0.1) is 24.7 Å². The van der Waals surface area contributed by atoms with Crippen LogP contribution >= 0.6 is 43.5 Å². The van der Waals surface area contributed by atoms with E-state index in [4.69, 9.17) is 41.0 Å². The summed E-state index contributed by atoms with van der Waals surface area (Å²) in [5.74, 6) is -3.99. The predicted molar refractivity (Wildman–Crippen MR) is 314 cm³/mol. The first-order valence-electron chi connectivity index (χ1n) is 27.3. The van der Waals surface area contributed by atoms with Crippen molar-refractivity contribution in [3.63, 3.8) is 0 Å². The van der Waals surface area contributed by atoms with E-state index in [0.717, 1.165) is 16.7 Å². The summed E-state index contributed by atoms with van der Waals surface area (Å²) in [5.41, 5.74) is 6.50. The maximum atomic E-state index is 14.4. The van der Waals surface area contributed by atoms with Gasteiger partial charge >= 0.3 is 24.1 Å². The lowest BCUT2D eigenvalue weighted by atomic mass is 9.78. The first-order chi connectivity index (χ1) is 38.2. The lowest BCUT2D eigenvalue weighted by Gasteiger charge is -2.41. The molecule has 2 saturated heterocycles. The topological polar surface area (TPSA) is 272 Å². The minimum Gasteiger partial charge on any atom is -0.462 e. The number of aryl methyl sites for hydroxylation is 1. The molecular formula is C59H78Br2ClN5O14. The van der Waals surface area contributed by atoms with Crippen LogP contribution in [0.4, 0.5) is 21.0 Å². The molecule has 2 fully saturated rings. The van der Waals surface area contributed by atoms with Gasteiger partial charge in [0.15, 0.2) is 5.78 Å². The van der Waals surface area contributed by atoms with Crippen LogP contribution in [-0.4, -0.2) is 127 Å². The Balaban J connectivity index is 1.31. The molecule has 19 nitrogen and oxygen atoms in total. The Bertz CT molecular complexity index is 2740. The van der Waals surface area contributed by atoms with E-state index in [1.165, 1.54) is 12.0 Å². The van der Waals surface area contributed by atoms with Crippen molar-refractivity contribution in [2.45, 2.75) is 160 Å². The van der Waals surface area contributed by atoms with E-state index in [1.54, 1.807) is 51.2 Å². The smallest absolute Gasteiger partial charge is 0.412 e. The quantitative estimate of drug-likeness (QED) is 0.0174. The number of fused-ring (bicyclic) bond motifs is 5. The molecule has 444 valence electrons. The second-order valence-electron chi connectivity index (χ2n) is 22.0. The number of halogens is 3. The zero-order valence-electron chi connectivity index (χ0n) is 47.5. The van der Waals surface area contributed by atoms with Gasteiger partial charge in [0, 0.05) is 79.3 Å². The van der Waals surface area contributed by atoms with Gasteiger partial charge in [0.25, 0.3) is 0 Å². The van der Waals surface area contributed by atoms with Crippen molar-refractivity contribution < 1.29 is 67.1 Å². The number of ether oxygens (including phenoxy) is 5. The maximum absolute atomic E-state index is 14.4. The fourth-order valence-electron chi connectivity index (χ4n) is 10.3. The van der Waals surface area contributed by atoms with Crippen molar-refractivity contribution in [2.75, 3.05) is 42.9 Å². The molecule has 2 aromatic carbocycles. The van der Waals surface area contributed by atoms with Crippen LogP contribution in [0.5, 0.6) is 0 Å². The first-order valence-corrected chi connectivity index (χ1v) is 29.6. The zero-order valence-corrected chi connectivity index (χ0v) is 51.4. The minimum absolute atomic E-state index is 0.0148. The number of allylic oxidation sites excluding steroid dienone is 3. The first kappa shape index (κ1) is 66.4. The molecule has 22 heteroatoms. The summed E-state index contributed by atoms with van der Waals surface area (Å²) in [7, 11) is 3.05. The molecule has 0 aliphatic carbocycles. The number of esters is 2. The van der Waals surface area contributed by atoms with Gasteiger partial charge in [0.1, 0.15) is 35.3 Å². The summed E-state index contributed by atoms with van der Waals surface area (Å²) >= 11 is 13.6. The number of methoxy groups -OCH3 is 1. The van der Waals surface area contributed by atoms with Crippen molar-refractivity contribution >= 4 is 102 Å². The number of primary amides is 1. The number of unbranched alkanes of at least 4 members (excludes halogenated alkanes) is 2. The van der Waals surface area contributed by atoms with E-state index in [2.05, 4.69) is 54.4 Å². The third-order valence-electron chi connectivity index (χ3n) is 15.2. The van der Waals surface area contributed by atoms with Crippen LogP contribution in [0.1, 0.15) is 116 Å². The molecule has 5 amide bonds. The van der Waals surface area contributed by atoms with Gasteiger partial charge in [-0.2, -0.15) is 0 Å². The van der Waals surface area contributed by atoms with Gasteiger partial charge in [-0.25, -0.2) is 14.4 Å². The lowest BCUT2D eigenvalue weighted by Crippen LogP contribution is -2.53. The summed E-state index contributed by atoms with van der Waals surface area (Å²) in [5, 5.41) is 20.8. The number of amides is 5. The summed E-state index contributed by atoms with van der Waals surface area (Å²) in [4.78, 5) is 107. The molecule has 3 aliphatic heterocycles.